The molecule has 0 bridgehead atoms. The molecule has 0 aliphatic heterocycles. The Morgan fingerprint density at radius 1 is 1.32 bits per heavy atom. The molecule has 2 aromatic rings. The molecule has 1 aliphatic carbocycles. The topological polar surface area (TPSA) is 60.5 Å². The van der Waals surface area contributed by atoms with Crippen molar-refractivity contribution in [3.8, 4) is 11.5 Å². The number of amides is 1. The lowest BCUT2D eigenvalue weighted by molar-refractivity contribution is -0.122. The van der Waals surface area contributed by atoms with Gasteiger partial charge in [-0.2, -0.15) is 0 Å². The lowest BCUT2D eigenvalue weighted by Crippen LogP contribution is -2.30. The van der Waals surface area contributed by atoms with Gasteiger partial charge in [-0.05, 0) is 44.0 Å². The summed E-state index contributed by atoms with van der Waals surface area (Å²) in [4.78, 5) is 16.6. The largest absolute Gasteiger partial charge is 0.497 e. The number of benzene rings is 1. The van der Waals surface area contributed by atoms with Crippen LogP contribution < -0.4 is 14.8 Å². The van der Waals surface area contributed by atoms with Gasteiger partial charge in [-0.25, -0.2) is 4.98 Å². The van der Waals surface area contributed by atoms with Crippen molar-refractivity contribution in [1.29, 1.82) is 0 Å². The molecule has 1 amide bonds. The summed E-state index contributed by atoms with van der Waals surface area (Å²) in [6.45, 7) is 1.72. The quantitative estimate of drug-likeness (QED) is 0.886. The van der Waals surface area contributed by atoms with Crippen LogP contribution in [0.25, 0.3) is 0 Å². The lowest BCUT2D eigenvalue weighted by Gasteiger charge is -2.13. The van der Waals surface area contributed by atoms with Gasteiger partial charge in [0.2, 0.25) is 0 Å². The monoisotopic (exact) mass is 318 g/mol. The second-order valence-electron chi connectivity index (χ2n) is 5.28. The molecule has 116 valence electrons. The minimum absolute atomic E-state index is 0.201. The molecule has 1 unspecified atom stereocenters. The maximum absolute atomic E-state index is 12.1. The molecule has 1 aromatic carbocycles. The Kier molecular flexibility index (Phi) is 4.29. The van der Waals surface area contributed by atoms with E-state index in [1.54, 1.807) is 38.3 Å². The van der Waals surface area contributed by atoms with Crippen molar-refractivity contribution in [1.82, 2.24) is 4.98 Å². The van der Waals surface area contributed by atoms with Gasteiger partial charge in [0.1, 0.15) is 11.5 Å². The van der Waals surface area contributed by atoms with Crippen LogP contribution in [-0.2, 0) is 4.79 Å². The van der Waals surface area contributed by atoms with E-state index >= 15 is 0 Å². The highest BCUT2D eigenvalue weighted by atomic mass is 32.1. The molecule has 0 spiro atoms. The molecule has 3 rings (SSSR count). The summed E-state index contributed by atoms with van der Waals surface area (Å²) in [5, 5.41) is 5.46. The number of anilines is 1. The SMILES string of the molecule is COc1ccc(OC(C)C(=O)Nc2nc(C3CC3)cs2)cc1. The molecule has 1 N–H and O–H groups in total. The molecule has 0 saturated heterocycles. The summed E-state index contributed by atoms with van der Waals surface area (Å²) in [5.74, 6) is 1.77. The predicted molar refractivity (Wildman–Crippen MR) is 85.8 cm³/mol. The number of nitrogens with zero attached hydrogens (tertiary/aromatic N) is 1. The number of thiazole rings is 1. The zero-order chi connectivity index (χ0) is 15.5. The van der Waals surface area contributed by atoms with Gasteiger partial charge < -0.3 is 9.47 Å². The summed E-state index contributed by atoms with van der Waals surface area (Å²) in [7, 11) is 1.61. The Bertz CT molecular complexity index is 650. The minimum atomic E-state index is -0.596. The minimum Gasteiger partial charge on any atom is -0.497 e. The number of hydrogen-bond donors (Lipinski definition) is 1. The number of rotatable bonds is 6. The maximum atomic E-state index is 12.1. The fourth-order valence-corrected chi connectivity index (χ4v) is 2.82. The van der Waals surface area contributed by atoms with Crippen molar-refractivity contribution in [3.63, 3.8) is 0 Å². The third kappa shape index (κ3) is 3.57. The van der Waals surface area contributed by atoms with Crippen LogP contribution in [0.1, 0.15) is 31.4 Å². The van der Waals surface area contributed by atoms with Crippen LogP contribution in [0, 0.1) is 0 Å². The van der Waals surface area contributed by atoms with Crippen LogP contribution in [0.5, 0.6) is 11.5 Å². The average molecular weight is 318 g/mol. The van der Waals surface area contributed by atoms with E-state index in [0.29, 0.717) is 16.8 Å². The predicted octanol–water partition coefficient (Wildman–Crippen LogP) is 3.44. The summed E-state index contributed by atoms with van der Waals surface area (Å²) in [5.41, 5.74) is 1.09. The molecule has 1 aliphatic rings. The van der Waals surface area contributed by atoms with Gasteiger partial charge in [0, 0.05) is 11.3 Å². The van der Waals surface area contributed by atoms with E-state index < -0.39 is 6.10 Å². The second-order valence-corrected chi connectivity index (χ2v) is 6.13. The third-order valence-corrected chi connectivity index (χ3v) is 4.27. The van der Waals surface area contributed by atoms with Gasteiger partial charge in [-0.3, -0.25) is 10.1 Å². The number of nitrogens with one attached hydrogen (secondary N) is 1. The first-order chi connectivity index (χ1) is 10.7. The molecular formula is C16H18N2O3S. The first kappa shape index (κ1) is 14.8. The van der Waals surface area contributed by atoms with E-state index in [1.807, 2.05) is 5.38 Å². The van der Waals surface area contributed by atoms with Gasteiger partial charge in [0.25, 0.3) is 5.91 Å². The van der Waals surface area contributed by atoms with Crippen molar-refractivity contribution >= 4 is 22.4 Å². The van der Waals surface area contributed by atoms with Crippen molar-refractivity contribution in [2.45, 2.75) is 31.8 Å². The molecule has 6 heteroatoms. The molecule has 1 atom stereocenters. The molecule has 5 nitrogen and oxygen atoms in total. The van der Waals surface area contributed by atoms with Crippen LogP contribution >= 0.6 is 11.3 Å². The fraction of sp³-hybridized carbons (Fsp3) is 0.375. The highest BCUT2D eigenvalue weighted by Gasteiger charge is 2.26. The second kappa shape index (κ2) is 6.36. The zero-order valence-electron chi connectivity index (χ0n) is 12.5. The van der Waals surface area contributed by atoms with E-state index in [1.165, 1.54) is 24.2 Å². The molecule has 22 heavy (non-hydrogen) atoms. The Hall–Kier alpha value is -2.08. The van der Waals surface area contributed by atoms with Crippen molar-refractivity contribution in [2.75, 3.05) is 12.4 Å². The van der Waals surface area contributed by atoms with Gasteiger partial charge >= 0.3 is 0 Å². The van der Waals surface area contributed by atoms with E-state index in [2.05, 4.69) is 10.3 Å². The number of carbonyl (C=O) groups is 1. The van der Waals surface area contributed by atoms with E-state index in [9.17, 15) is 4.79 Å². The number of ether oxygens (including phenoxy) is 2. The Morgan fingerprint density at radius 3 is 2.64 bits per heavy atom. The lowest BCUT2D eigenvalue weighted by atomic mass is 10.3. The van der Waals surface area contributed by atoms with E-state index in [0.717, 1.165) is 11.4 Å². The number of methoxy groups -OCH3 is 1. The standard InChI is InChI=1S/C16H18N2O3S/c1-10(21-13-7-5-12(20-2)6-8-13)15(19)18-16-17-14(9-22-16)11-3-4-11/h5-11H,3-4H2,1-2H3,(H,17,18,19). The normalized spacial score (nSPS) is 15.2. The molecule has 1 fully saturated rings. The first-order valence-corrected chi connectivity index (χ1v) is 8.10. The summed E-state index contributed by atoms with van der Waals surface area (Å²) < 4.78 is 10.7. The van der Waals surface area contributed by atoms with Crippen LogP contribution in [0.2, 0.25) is 0 Å². The van der Waals surface area contributed by atoms with E-state index in [4.69, 9.17) is 9.47 Å². The highest BCUT2D eigenvalue weighted by molar-refractivity contribution is 7.13. The Morgan fingerprint density at radius 2 is 2.00 bits per heavy atom. The van der Waals surface area contributed by atoms with Crippen molar-refractivity contribution < 1.29 is 14.3 Å². The third-order valence-electron chi connectivity index (χ3n) is 3.49. The Labute approximate surface area is 133 Å². The molecule has 1 heterocycles. The highest BCUT2D eigenvalue weighted by Crippen LogP contribution is 2.40. The van der Waals surface area contributed by atoms with Crippen molar-refractivity contribution in [3.05, 3.63) is 35.3 Å². The summed E-state index contributed by atoms with van der Waals surface area (Å²) >= 11 is 1.46. The summed E-state index contributed by atoms with van der Waals surface area (Å²) in [6.07, 6.45) is 1.81. The zero-order valence-corrected chi connectivity index (χ0v) is 13.4. The molecular weight excluding hydrogens is 300 g/mol. The van der Waals surface area contributed by atoms with Crippen LogP contribution in [0.4, 0.5) is 5.13 Å². The fourth-order valence-electron chi connectivity index (χ4n) is 2.03. The van der Waals surface area contributed by atoms with Gasteiger partial charge in [-0.15, -0.1) is 11.3 Å². The maximum Gasteiger partial charge on any atom is 0.266 e. The first-order valence-electron chi connectivity index (χ1n) is 7.22. The van der Waals surface area contributed by atoms with Gasteiger partial charge in [0.15, 0.2) is 11.2 Å². The van der Waals surface area contributed by atoms with Gasteiger partial charge in [-0.1, -0.05) is 0 Å². The van der Waals surface area contributed by atoms with Crippen LogP contribution in [0.3, 0.4) is 0 Å². The van der Waals surface area contributed by atoms with Crippen molar-refractivity contribution in [2.24, 2.45) is 0 Å². The molecule has 0 radical (unpaired) electrons. The number of hydrogen-bond acceptors (Lipinski definition) is 5. The molecule has 1 saturated carbocycles. The number of carbonyl (C=O) groups excluding carboxylic acids is 1. The van der Waals surface area contributed by atoms with Crippen LogP contribution in [0.15, 0.2) is 29.6 Å². The smallest absolute Gasteiger partial charge is 0.266 e. The summed E-state index contributed by atoms with van der Waals surface area (Å²) in [6, 6.07) is 7.14. The van der Waals surface area contributed by atoms with Gasteiger partial charge in [0.05, 0.1) is 12.8 Å². The average Bonchev–Trinajstić information content (AvgIpc) is 3.28. The van der Waals surface area contributed by atoms with E-state index in [-0.39, 0.29) is 5.91 Å². The number of aromatic nitrogens is 1. The molecule has 1 aromatic heterocycles. The Balaban J connectivity index is 1.55. The van der Waals surface area contributed by atoms with Crippen LogP contribution in [-0.4, -0.2) is 24.1 Å².